The van der Waals surface area contributed by atoms with Crippen molar-refractivity contribution >= 4 is 22.0 Å². The molecule has 0 aromatic rings. The molecule has 1 heterocycles. The van der Waals surface area contributed by atoms with Crippen LogP contribution in [0, 0.1) is 5.92 Å². The summed E-state index contributed by atoms with van der Waals surface area (Å²) in [4.78, 5) is 13.4. The van der Waals surface area contributed by atoms with Gasteiger partial charge in [-0.2, -0.15) is 0 Å². The van der Waals surface area contributed by atoms with Crippen LogP contribution in [0.3, 0.4) is 0 Å². The maximum Gasteiger partial charge on any atom is 0.318 e. The fourth-order valence-electron chi connectivity index (χ4n) is 1.81. The van der Waals surface area contributed by atoms with Crippen LogP contribution in [0.25, 0.3) is 0 Å². The molecular weight excluding hydrogens is 260 g/mol. The fraction of sp³-hybridized carbons (Fsp3) is 0.700. The number of hydrogen-bond donors (Lipinski definition) is 2. The van der Waals surface area contributed by atoms with Gasteiger partial charge in [0.2, 0.25) is 0 Å². The van der Waals surface area contributed by atoms with Crippen LogP contribution < -0.4 is 5.32 Å². The first kappa shape index (κ1) is 12.5. The van der Waals surface area contributed by atoms with Crippen molar-refractivity contribution in [2.24, 2.45) is 5.92 Å². The first-order valence-corrected chi connectivity index (χ1v) is 5.84. The Morgan fingerprint density at radius 1 is 1.73 bits per heavy atom. The van der Waals surface area contributed by atoms with Crippen LogP contribution in [0.1, 0.15) is 13.3 Å². The highest BCUT2D eigenvalue weighted by Crippen LogP contribution is 2.23. The SMILES string of the molecule is C=C(Br)CNC(=O)N1CCC(C)C1CO. The Kier molecular flexibility index (Phi) is 4.60. The van der Waals surface area contributed by atoms with Crippen molar-refractivity contribution in [3.05, 3.63) is 11.1 Å². The van der Waals surface area contributed by atoms with Gasteiger partial charge in [-0.1, -0.05) is 29.4 Å². The zero-order valence-electron chi connectivity index (χ0n) is 8.87. The highest BCUT2D eigenvalue weighted by atomic mass is 79.9. The third-order valence-corrected chi connectivity index (χ3v) is 3.04. The number of nitrogens with one attached hydrogen (secondary N) is 1. The lowest BCUT2D eigenvalue weighted by Crippen LogP contribution is -2.45. The van der Waals surface area contributed by atoms with Gasteiger partial charge in [0, 0.05) is 11.0 Å². The molecule has 2 amide bonds. The summed E-state index contributed by atoms with van der Waals surface area (Å²) in [6.45, 7) is 6.86. The summed E-state index contributed by atoms with van der Waals surface area (Å²) in [6, 6.07) is -0.174. The number of urea groups is 1. The van der Waals surface area contributed by atoms with E-state index >= 15 is 0 Å². The van der Waals surface area contributed by atoms with Gasteiger partial charge in [0.15, 0.2) is 0 Å². The van der Waals surface area contributed by atoms with Crippen molar-refractivity contribution in [2.45, 2.75) is 19.4 Å². The van der Waals surface area contributed by atoms with Crippen LogP contribution in [0.15, 0.2) is 11.1 Å². The molecule has 15 heavy (non-hydrogen) atoms. The van der Waals surface area contributed by atoms with Gasteiger partial charge >= 0.3 is 6.03 Å². The van der Waals surface area contributed by atoms with Gasteiger partial charge in [-0.25, -0.2) is 4.79 Å². The molecule has 0 radical (unpaired) electrons. The van der Waals surface area contributed by atoms with Gasteiger partial charge in [-0.3, -0.25) is 0 Å². The number of rotatable bonds is 3. The number of aliphatic hydroxyl groups is 1. The third kappa shape index (κ3) is 3.21. The van der Waals surface area contributed by atoms with Crippen molar-refractivity contribution < 1.29 is 9.90 Å². The van der Waals surface area contributed by atoms with Crippen LogP contribution >= 0.6 is 15.9 Å². The standard InChI is InChI=1S/C10H17BrN2O2/c1-7-3-4-13(9(7)6-14)10(15)12-5-8(2)11/h7,9,14H,2-6H2,1H3,(H,12,15). The molecule has 1 fully saturated rings. The molecule has 0 saturated carbocycles. The topological polar surface area (TPSA) is 52.6 Å². The van der Waals surface area contributed by atoms with Crippen LogP contribution in [0.2, 0.25) is 0 Å². The first-order valence-electron chi connectivity index (χ1n) is 5.05. The molecule has 2 N–H and O–H groups in total. The summed E-state index contributed by atoms with van der Waals surface area (Å²) in [6.07, 6.45) is 0.952. The monoisotopic (exact) mass is 276 g/mol. The van der Waals surface area contributed by atoms with E-state index in [1.54, 1.807) is 4.90 Å². The van der Waals surface area contributed by atoms with E-state index in [1.165, 1.54) is 0 Å². The molecular formula is C10H17BrN2O2. The Balaban J connectivity index is 2.48. The number of likely N-dealkylation sites (tertiary alicyclic amines) is 1. The minimum atomic E-state index is -0.126. The van der Waals surface area contributed by atoms with Gasteiger partial charge in [0.05, 0.1) is 19.2 Å². The Labute approximate surface area is 98.5 Å². The van der Waals surface area contributed by atoms with E-state index in [0.717, 1.165) is 10.9 Å². The van der Waals surface area contributed by atoms with Crippen molar-refractivity contribution in [3.8, 4) is 0 Å². The summed E-state index contributed by atoms with van der Waals surface area (Å²) >= 11 is 3.18. The van der Waals surface area contributed by atoms with E-state index in [9.17, 15) is 9.90 Å². The second-order valence-electron chi connectivity index (χ2n) is 3.89. The Morgan fingerprint density at radius 2 is 2.40 bits per heavy atom. The maximum atomic E-state index is 11.7. The smallest absolute Gasteiger partial charge is 0.318 e. The lowest BCUT2D eigenvalue weighted by atomic mass is 10.0. The lowest BCUT2D eigenvalue weighted by molar-refractivity contribution is 0.144. The van der Waals surface area contributed by atoms with E-state index < -0.39 is 0 Å². The van der Waals surface area contributed by atoms with E-state index in [0.29, 0.717) is 19.0 Å². The van der Waals surface area contributed by atoms with E-state index in [-0.39, 0.29) is 18.7 Å². The molecule has 2 unspecified atom stereocenters. The number of nitrogens with zero attached hydrogens (tertiary/aromatic N) is 1. The number of hydrogen-bond acceptors (Lipinski definition) is 2. The van der Waals surface area contributed by atoms with Crippen molar-refractivity contribution in [3.63, 3.8) is 0 Å². The summed E-state index contributed by atoms with van der Waals surface area (Å²) in [5.74, 6) is 0.368. The zero-order chi connectivity index (χ0) is 11.4. The Hall–Kier alpha value is -0.550. The second-order valence-corrected chi connectivity index (χ2v) is 5.01. The predicted octanol–water partition coefficient (Wildman–Crippen LogP) is 1.31. The Morgan fingerprint density at radius 3 is 2.93 bits per heavy atom. The predicted molar refractivity (Wildman–Crippen MR) is 62.8 cm³/mol. The number of halogens is 1. The minimum absolute atomic E-state index is 0.0316. The molecule has 86 valence electrons. The van der Waals surface area contributed by atoms with Crippen molar-refractivity contribution in [1.29, 1.82) is 0 Å². The molecule has 2 atom stereocenters. The number of carbonyl (C=O) groups excluding carboxylic acids is 1. The largest absolute Gasteiger partial charge is 0.394 e. The van der Waals surface area contributed by atoms with Crippen LogP contribution in [-0.4, -0.2) is 41.8 Å². The fourth-order valence-corrected chi connectivity index (χ4v) is 1.95. The van der Waals surface area contributed by atoms with Gasteiger partial charge < -0.3 is 15.3 Å². The molecule has 1 aliphatic rings. The molecule has 0 spiro atoms. The van der Waals surface area contributed by atoms with Gasteiger partial charge in [-0.05, 0) is 12.3 Å². The molecule has 1 rings (SSSR count). The molecule has 1 aliphatic heterocycles. The van der Waals surface area contributed by atoms with Crippen LogP contribution in [-0.2, 0) is 0 Å². The molecule has 0 aromatic carbocycles. The molecule has 1 saturated heterocycles. The highest BCUT2D eigenvalue weighted by molar-refractivity contribution is 9.11. The maximum absolute atomic E-state index is 11.7. The van der Waals surface area contributed by atoms with E-state index in [4.69, 9.17) is 0 Å². The quantitative estimate of drug-likeness (QED) is 0.817. The van der Waals surface area contributed by atoms with Crippen molar-refractivity contribution in [2.75, 3.05) is 19.7 Å². The van der Waals surface area contributed by atoms with Crippen LogP contribution in [0.5, 0.6) is 0 Å². The molecule has 5 heteroatoms. The minimum Gasteiger partial charge on any atom is -0.394 e. The first-order chi connectivity index (χ1) is 7.06. The van der Waals surface area contributed by atoms with Crippen LogP contribution in [0.4, 0.5) is 4.79 Å². The van der Waals surface area contributed by atoms with E-state index in [2.05, 4.69) is 34.7 Å². The van der Waals surface area contributed by atoms with Gasteiger partial charge in [-0.15, -0.1) is 0 Å². The molecule has 0 bridgehead atoms. The zero-order valence-corrected chi connectivity index (χ0v) is 10.5. The summed E-state index contributed by atoms with van der Waals surface area (Å²) in [5, 5.41) is 11.9. The number of amides is 2. The number of carbonyl (C=O) groups is 1. The molecule has 4 nitrogen and oxygen atoms in total. The normalized spacial score (nSPS) is 25.4. The molecule has 0 aromatic heterocycles. The highest BCUT2D eigenvalue weighted by Gasteiger charge is 2.33. The average molecular weight is 277 g/mol. The third-order valence-electron chi connectivity index (χ3n) is 2.76. The lowest BCUT2D eigenvalue weighted by Gasteiger charge is -2.25. The summed E-state index contributed by atoms with van der Waals surface area (Å²) in [5.41, 5.74) is 0. The molecule has 0 aliphatic carbocycles. The average Bonchev–Trinajstić information content (AvgIpc) is 2.55. The van der Waals surface area contributed by atoms with E-state index in [1.807, 2.05) is 0 Å². The summed E-state index contributed by atoms with van der Waals surface area (Å²) < 4.78 is 0.739. The second kappa shape index (κ2) is 5.51. The summed E-state index contributed by atoms with van der Waals surface area (Å²) in [7, 11) is 0. The van der Waals surface area contributed by atoms with Crippen molar-refractivity contribution in [1.82, 2.24) is 10.2 Å². The van der Waals surface area contributed by atoms with Gasteiger partial charge in [0.1, 0.15) is 0 Å². The Bertz CT molecular complexity index is 258. The van der Waals surface area contributed by atoms with Gasteiger partial charge in [0.25, 0.3) is 0 Å². The number of aliphatic hydroxyl groups excluding tert-OH is 1.